The molecule has 0 spiro atoms. The first-order valence-corrected chi connectivity index (χ1v) is 16.2. The van der Waals surface area contributed by atoms with Crippen LogP contribution in [0, 0.1) is 5.92 Å². The van der Waals surface area contributed by atoms with E-state index in [9.17, 15) is 24.0 Å². The van der Waals surface area contributed by atoms with Crippen molar-refractivity contribution < 1.29 is 33.4 Å². The van der Waals surface area contributed by atoms with Crippen LogP contribution in [0.25, 0.3) is 0 Å². The first kappa shape index (κ1) is 32.8. The number of hydrogen-bond acceptors (Lipinski definition) is 7. The fourth-order valence-electron chi connectivity index (χ4n) is 6.39. The lowest BCUT2D eigenvalue weighted by Gasteiger charge is -2.30. The number of fused-ring (bicyclic) bond motifs is 3. The van der Waals surface area contributed by atoms with Gasteiger partial charge in [-0.3, -0.25) is 9.59 Å². The summed E-state index contributed by atoms with van der Waals surface area (Å²) in [6.45, 7) is 5.99. The summed E-state index contributed by atoms with van der Waals surface area (Å²) in [6.07, 6.45) is 7.52. The highest BCUT2D eigenvalue weighted by molar-refractivity contribution is 6.30. The smallest absolute Gasteiger partial charge is 0.410 e. The quantitative estimate of drug-likeness (QED) is 0.371. The van der Waals surface area contributed by atoms with E-state index in [-0.39, 0.29) is 18.9 Å². The van der Waals surface area contributed by atoms with Crippen LogP contribution in [0.15, 0.2) is 30.4 Å². The lowest BCUT2D eigenvalue weighted by molar-refractivity contribution is -0.140. The molecule has 1 aromatic carbocycles. The SMILES string of the molecule is CC(C)(C)OC(=O)N[C@H]1CCCCC/C=C\[C@@H]2C[C@@]2(C=O)NC(=O)[C@@H]2C[C@@H](OC(=O)N3CCc4ccc(Cl)cc4C3)CN2C1=O. The molecular formula is C33H43ClN4O7. The first-order chi connectivity index (χ1) is 21.4. The molecule has 1 aliphatic carbocycles. The van der Waals surface area contributed by atoms with Crippen LogP contribution in [-0.4, -0.2) is 82.5 Å². The predicted molar refractivity (Wildman–Crippen MR) is 166 cm³/mol. The van der Waals surface area contributed by atoms with Crippen LogP contribution >= 0.6 is 11.6 Å². The van der Waals surface area contributed by atoms with Crippen molar-refractivity contribution >= 4 is 41.9 Å². The largest absolute Gasteiger partial charge is 0.444 e. The van der Waals surface area contributed by atoms with Gasteiger partial charge in [0, 0.05) is 30.5 Å². The van der Waals surface area contributed by atoms with E-state index < -0.39 is 53.3 Å². The minimum atomic E-state index is -1.02. The summed E-state index contributed by atoms with van der Waals surface area (Å²) in [6, 6.07) is 3.69. The van der Waals surface area contributed by atoms with E-state index >= 15 is 0 Å². The van der Waals surface area contributed by atoms with Crippen LogP contribution in [0.2, 0.25) is 5.02 Å². The predicted octanol–water partition coefficient (Wildman–Crippen LogP) is 4.29. The van der Waals surface area contributed by atoms with Crippen molar-refractivity contribution in [1.29, 1.82) is 0 Å². The number of nitrogens with zero attached hydrogens (tertiary/aromatic N) is 2. The molecule has 0 unspecified atom stereocenters. The average Bonchev–Trinajstić information content (AvgIpc) is 3.49. The van der Waals surface area contributed by atoms with E-state index in [0.29, 0.717) is 43.8 Å². The molecule has 4 aliphatic rings. The molecular weight excluding hydrogens is 600 g/mol. The Balaban J connectivity index is 1.35. The average molecular weight is 643 g/mol. The maximum Gasteiger partial charge on any atom is 0.410 e. The Morgan fingerprint density at radius 3 is 2.71 bits per heavy atom. The van der Waals surface area contributed by atoms with Gasteiger partial charge in [-0.2, -0.15) is 0 Å². The fourth-order valence-corrected chi connectivity index (χ4v) is 6.59. The fraction of sp³-hybridized carbons (Fsp3) is 0.606. The molecule has 5 rings (SSSR count). The lowest BCUT2D eigenvalue weighted by Crippen LogP contribution is -2.55. The molecule has 4 amide bonds. The number of alkyl carbamates (subject to hydrolysis) is 1. The van der Waals surface area contributed by atoms with Gasteiger partial charge in [0.05, 0.1) is 6.54 Å². The van der Waals surface area contributed by atoms with E-state index in [0.717, 1.165) is 36.7 Å². The van der Waals surface area contributed by atoms with Gasteiger partial charge in [0.15, 0.2) is 0 Å². The molecule has 244 valence electrons. The minimum absolute atomic E-state index is 0.0250. The maximum absolute atomic E-state index is 14.1. The molecule has 2 N–H and O–H groups in total. The van der Waals surface area contributed by atoms with Gasteiger partial charge in [0.1, 0.15) is 35.6 Å². The van der Waals surface area contributed by atoms with Crippen molar-refractivity contribution in [3.05, 3.63) is 46.5 Å². The zero-order valence-electron chi connectivity index (χ0n) is 26.2. The number of amides is 4. The Morgan fingerprint density at radius 1 is 1.16 bits per heavy atom. The van der Waals surface area contributed by atoms with Gasteiger partial charge in [-0.25, -0.2) is 9.59 Å². The molecule has 3 heterocycles. The maximum atomic E-state index is 14.1. The molecule has 2 fully saturated rings. The van der Waals surface area contributed by atoms with Crippen molar-refractivity contribution in [3.8, 4) is 0 Å². The van der Waals surface area contributed by atoms with Crippen LogP contribution in [-0.2, 0) is 36.8 Å². The van der Waals surface area contributed by atoms with E-state index in [4.69, 9.17) is 21.1 Å². The summed E-state index contributed by atoms with van der Waals surface area (Å²) in [5.41, 5.74) is 0.285. The topological polar surface area (TPSA) is 134 Å². The van der Waals surface area contributed by atoms with Crippen LogP contribution in [0.5, 0.6) is 0 Å². The molecule has 0 radical (unpaired) electrons. The second-order valence-electron chi connectivity index (χ2n) is 13.6. The third-order valence-electron chi connectivity index (χ3n) is 8.90. The summed E-state index contributed by atoms with van der Waals surface area (Å²) in [5.74, 6) is -1.06. The Kier molecular flexibility index (Phi) is 9.77. The summed E-state index contributed by atoms with van der Waals surface area (Å²) in [4.78, 5) is 69.0. The Hall–Kier alpha value is -3.60. The monoisotopic (exact) mass is 642 g/mol. The van der Waals surface area contributed by atoms with Gasteiger partial charge in [-0.15, -0.1) is 0 Å². The third-order valence-corrected chi connectivity index (χ3v) is 9.14. The van der Waals surface area contributed by atoms with Crippen molar-refractivity contribution in [1.82, 2.24) is 20.4 Å². The molecule has 1 saturated heterocycles. The van der Waals surface area contributed by atoms with Gasteiger partial charge in [-0.05, 0) is 76.1 Å². The molecule has 0 bridgehead atoms. The Bertz CT molecular complexity index is 1360. The van der Waals surface area contributed by atoms with E-state index in [2.05, 4.69) is 10.6 Å². The van der Waals surface area contributed by atoms with Crippen LogP contribution < -0.4 is 10.6 Å². The molecule has 0 aromatic heterocycles. The second kappa shape index (κ2) is 13.4. The number of halogens is 1. The molecule has 12 heteroatoms. The first-order valence-electron chi connectivity index (χ1n) is 15.9. The third kappa shape index (κ3) is 7.98. The van der Waals surface area contributed by atoms with Crippen molar-refractivity contribution in [2.24, 2.45) is 5.92 Å². The summed E-state index contributed by atoms with van der Waals surface area (Å²) >= 11 is 6.17. The van der Waals surface area contributed by atoms with Crippen LogP contribution in [0.3, 0.4) is 0 Å². The number of carbonyl (C=O) groups excluding carboxylic acids is 5. The minimum Gasteiger partial charge on any atom is -0.444 e. The second-order valence-corrected chi connectivity index (χ2v) is 14.0. The van der Waals surface area contributed by atoms with Gasteiger partial charge in [0.2, 0.25) is 11.8 Å². The summed E-state index contributed by atoms with van der Waals surface area (Å²) in [5, 5.41) is 6.20. The zero-order valence-corrected chi connectivity index (χ0v) is 26.9. The van der Waals surface area contributed by atoms with Crippen LogP contribution in [0.1, 0.15) is 76.8 Å². The van der Waals surface area contributed by atoms with Crippen LogP contribution in [0.4, 0.5) is 9.59 Å². The molecule has 1 aromatic rings. The van der Waals surface area contributed by atoms with Gasteiger partial charge in [0.25, 0.3) is 0 Å². The standard InChI is InChI=1S/C33H43ClN4O7/c1-32(2,3)45-30(42)35-26-10-8-6-4-5-7-9-23-17-33(23,20-39)36-28(40)27-16-25(19-38(27)29(26)41)44-31(43)37-14-13-21-11-12-24(34)15-22(21)18-37/h7,9,11-12,15,20,23,25-27H,4-6,8,10,13-14,16-19H2,1-3H3,(H,35,42)(H,36,40)/b9-7-/t23-,25-,26+,27+,33+/m1/s1. The molecule has 3 aliphatic heterocycles. The number of ether oxygens (including phenoxy) is 2. The highest BCUT2D eigenvalue weighted by Crippen LogP contribution is 2.43. The lowest BCUT2D eigenvalue weighted by atomic mass is 10.0. The Labute approximate surface area is 269 Å². The summed E-state index contributed by atoms with van der Waals surface area (Å²) < 4.78 is 11.3. The number of benzene rings is 1. The van der Waals surface area contributed by atoms with Gasteiger partial charge >= 0.3 is 12.2 Å². The molecule has 45 heavy (non-hydrogen) atoms. The van der Waals surface area contributed by atoms with E-state index in [1.54, 1.807) is 25.7 Å². The number of nitrogens with one attached hydrogen (secondary N) is 2. The van der Waals surface area contributed by atoms with E-state index in [1.165, 1.54) is 4.90 Å². The highest BCUT2D eigenvalue weighted by atomic mass is 35.5. The normalized spacial score (nSPS) is 29.5. The number of rotatable bonds is 3. The van der Waals surface area contributed by atoms with Crippen molar-refractivity contribution in [2.75, 3.05) is 13.1 Å². The number of carbonyl (C=O) groups is 5. The van der Waals surface area contributed by atoms with Crippen molar-refractivity contribution in [3.63, 3.8) is 0 Å². The zero-order chi connectivity index (χ0) is 32.4. The molecule has 5 atom stereocenters. The number of allylic oxidation sites excluding steroid dienone is 1. The van der Waals surface area contributed by atoms with E-state index in [1.807, 2.05) is 30.4 Å². The summed E-state index contributed by atoms with van der Waals surface area (Å²) in [7, 11) is 0. The molecule has 1 saturated carbocycles. The highest BCUT2D eigenvalue weighted by Gasteiger charge is 2.56. The van der Waals surface area contributed by atoms with Gasteiger partial charge < -0.3 is 34.7 Å². The van der Waals surface area contributed by atoms with Crippen molar-refractivity contribution in [2.45, 2.75) is 108 Å². The molecule has 11 nitrogen and oxygen atoms in total. The van der Waals surface area contributed by atoms with Gasteiger partial charge in [-0.1, -0.05) is 42.7 Å². The Morgan fingerprint density at radius 2 is 1.96 bits per heavy atom. The number of hydrogen-bond donors (Lipinski definition) is 2. The number of aldehydes is 1.